The number of piperidine rings is 1. The van der Waals surface area contributed by atoms with E-state index in [9.17, 15) is 0 Å². The minimum Gasteiger partial charge on any atom is -0.382 e. The molecule has 3 fully saturated rings. The van der Waals surface area contributed by atoms with Crippen molar-refractivity contribution in [3.05, 3.63) is 36.3 Å². The van der Waals surface area contributed by atoms with Crippen LogP contribution >= 0.6 is 0 Å². The number of aromatic nitrogens is 4. The van der Waals surface area contributed by atoms with Gasteiger partial charge in [0, 0.05) is 71.9 Å². The van der Waals surface area contributed by atoms with Crippen LogP contribution in [0.2, 0.25) is 0 Å². The molecule has 2 bridgehead atoms. The highest BCUT2D eigenvalue weighted by Crippen LogP contribution is 2.41. The average Bonchev–Trinajstić information content (AvgIpc) is 3.29. The number of aryl methyl sites for hydroxylation is 1. The van der Waals surface area contributed by atoms with Gasteiger partial charge in [-0.25, -0.2) is 4.98 Å². The van der Waals surface area contributed by atoms with Crippen LogP contribution in [0, 0.1) is 30.1 Å². The number of H-pyrrole nitrogens is 1. The molecule has 2 saturated heterocycles. The first-order chi connectivity index (χ1) is 16.1. The normalized spacial score (nSPS) is 28.9. The number of rotatable bonds is 6. The lowest BCUT2D eigenvalue weighted by Crippen LogP contribution is -2.49. The Labute approximate surface area is 193 Å². The number of nitrogens with zero attached hydrogens (tertiary/aromatic N) is 5. The summed E-state index contributed by atoms with van der Waals surface area (Å²) in [6, 6.07) is 10.2. The van der Waals surface area contributed by atoms with E-state index in [2.05, 4.69) is 47.8 Å². The van der Waals surface area contributed by atoms with Gasteiger partial charge in [0.25, 0.3) is 0 Å². The predicted molar refractivity (Wildman–Crippen MR) is 128 cm³/mol. The largest absolute Gasteiger partial charge is 0.382 e. The molecule has 2 unspecified atom stereocenters. The Hall–Kier alpha value is -3.18. The molecule has 3 aliphatic rings. The molecule has 1 saturated carbocycles. The van der Waals surface area contributed by atoms with Gasteiger partial charge >= 0.3 is 0 Å². The number of hydrogen-bond acceptors (Lipinski definition) is 7. The maximum Gasteiger partial charge on any atom is 0.153 e. The Morgan fingerprint density at radius 3 is 2.67 bits per heavy atom. The monoisotopic (exact) mass is 442 g/mol. The Bertz CT molecular complexity index is 1180. The highest BCUT2D eigenvalue weighted by atomic mass is 15.2. The van der Waals surface area contributed by atoms with E-state index < -0.39 is 0 Å². The van der Waals surface area contributed by atoms with Gasteiger partial charge in [-0.1, -0.05) is 0 Å². The van der Waals surface area contributed by atoms with Crippen LogP contribution in [0.25, 0.3) is 10.9 Å². The van der Waals surface area contributed by atoms with Crippen molar-refractivity contribution in [1.29, 1.82) is 5.26 Å². The molecule has 3 N–H and O–H groups in total. The van der Waals surface area contributed by atoms with Gasteiger partial charge < -0.3 is 10.6 Å². The fourth-order valence-corrected chi connectivity index (χ4v) is 6.05. The van der Waals surface area contributed by atoms with E-state index >= 15 is 0 Å². The number of nitriles is 1. The van der Waals surface area contributed by atoms with E-state index in [0.717, 1.165) is 52.7 Å². The van der Waals surface area contributed by atoms with Crippen molar-refractivity contribution >= 4 is 28.2 Å². The Kier molecular flexibility index (Phi) is 5.14. The lowest BCUT2D eigenvalue weighted by molar-refractivity contribution is 0.0771. The van der Waals surface area contributed by atoms with Crippen LogP contribution in [-0.2, 0) is 0 Å². The molecule has 8 heteroatoms. The number of aromatic amines is 1. The first-order valence-electron chi connectivity index (χ1n) is 12.1. The van der Waals surface area contributed by atoms with Crippen molar-refractivity contribution in [2.24, 2.45) is 11.8 Å². The second-order valence-electron chi connectivity index (χ2n) is 10.1. The topological polar surface area (TPSA) is 106 Å². The van der Waals surface area contributed by atoms with E-state index in [4.69, 9.17) is 5.26 Å². The summed E-state index contributed by atoms with van der Waals surface area (Å²) in [5, 5.41) is 24.3. The molecular weight excluding hydrogens is 412 g/mol. The van der Waals surface area contributed by atoms with Crippen molar-refractivity contribution in [2.75, 3.05) is 17.2 Å². The smallest absolute Gasteiger partial charge is 0.153 e. The van der Waals surface area contributed by atoms with Gasteiger partial charge in [-0.15, -0.1) is 0 Å². The SMILES string of the molecule is Cc1cc(Nc2cc3nccc(NC4CC5CC[C@@H](C4)N5CC4CC(C#N)C4)c3cn2)n[nH]1. The average molecular weight is 443 g/mol. The Balaban J connectivity index is 1.13. The number of anilines is 3. The van der Waals surface area contributed by atoms with Gasteiger partial charge in [-0.05, 0) is 57.4 Å². The van der Waals surface area contributed by atoms with Gasteiger partial charge in [0.05, 0.1) is 11.6 Å². The van der Waals surface area contributed by atoms with Gasteiger partial charge in [0.2, 0.25) is 0 Å². The minimum absolute atomic E-state index is 0.305. The number of nitrogens with one attached hydrogen (secondary N) is 3. The van der Waals surface area contributed by atoms with Gasteiger partial charge in [-0.2, -0.15) is 10.4 Å². The third-order valence-corrected chi connectivity index (χ3v) is 7.72. The molecule has 3 aromatic rings. The third-order valence-electron chi connectivity index (χ3n) is 7.72. The summed E-state index contributed by atoms with van der Waals surface area (Å²) in [5.41, 5.74) is 3.03. The van der Waals surface area contributed by atoms with Crippen LogP contribution in [0.1, 0.15) is 44.2 Å². The Morgan fingerprint density at radius 2 is 1.94 bits per heavy atom. The molecule has 0 spiro atoms. The summed E-state index contributed by atoms with van der Waals surface area (Å²) in [6.07, 6.45) is 10.9. The molecule has 0 radical (unpaired) electrons. The second kappa shape index (κ2) is 8.31. The van der Waals surface area contributed by atoms with Crippen LogP contribution in [-0.4, -0.2) is 49.7 Å². The summed E-state index contributed by atoms with van der Waals surface area (Å²) < 4.78 is 0. The predicted octanol–water partition coefficient (Wildman–Crippen LogP) is 4.36. The molecule has 0 aromatic carbocycles. The van der Waals surface area contributed by atoms with Crippen LogP contribution < -0.4 is 10.6 Å². The molecule has 3 atom stereocenters. The number of hydrogen-bond donors (Lipinski definition) is 3. The van der Waals surface area contributed by atoms with Gasteiger partial charge in [-0.3, -0.25) is 15.0 Å². The lowest BCUT2D eigenvalue weighted by atomic mass is 9.75. The first kappa shape index (κ1) is 20.4. The van der Waals surface area contributed by atoms with Crippen molar-refractivity contribution in [3.8, 4) is 6.07 Å². The molecule has 33 heavy (non-hydrogen) atoms. The Morgan fingerprint density at radius 1 is 1.12 bits per heavy atom. The van der Waals surface area contributed by atoms with Crippen LogP contribution in [0.15, 0.2) is 30.6 Å². The van der Waals surface area contributed by atoms with E-state index in [-0.39, 0.29) is 0 Å². The quantitative estimate of drug-likeness (QED) is 0.521. The van der Waals surface area contributed by atoms with E-state index in [1.165, 1.54) is 32.2 Å². The molecule has 8 nitrogen and oxygen atoms in total. The summed E-state index contributed by atoms with van der Waals surface area (Å²) in [6.45, 7) is 3.16. The molecule has 3 aromatic heterocycles. The van der Waals surface area contributed by atoms with Crippen molar-refractivity contribution < 1.29 is 0 Å². The van der Waals surface area contributed by atoms with Crippen molar-refractivity contribution in [3.63, 3.8) is 0 Å². The summed E-state index contributed by atoms with van der Waals surface area (Å²) in [5.74, 6) is 2.52. The highest BCUT2D eigenvalue weighted by Gasteiger charge is 2.43. The van der Waals surface area contributed by atoms with Gasteiger partial charge in [0.1, 0.15) is 5.82 Å². The third kappa shape index (κ3) is 4.02. The molecule has 0 amide bonds. The van der Waals surface area contributed by atoms with E-state index in [1.54, 1.807) is 0 Å². The van der Waals surface area contributed by atoms with Gasteiger partial charge in [0.15, 0.2) is 5.82 Å². The van der Waals surface area contributed by atoms with Crippen molar-refractivity contribution in [1.82, 2.24) is 25.1 Å². The lowest BCUT2D eigenvalue weighted by Gasteiger charge is -2.43. The second-order valence-corrected chi connectivity index (χ2v) is 10.1. The molecular formula is C25H30N8. The number of fused-ring (bicyclic) bond motifs is 3. The molecule has 1 aliphatic carbocycles. The maximum absolute atomic E-state index is 9.07. The maximum atomic E-state index is 9.07. The summed E-state index contributed by atoms with van der Waals surface area (Å²) in [4.78, 5) is 11.9. The summed E-state index contributed by atoms with van der Waals surface area (Å²) in [7, 11) is 0. The van der Waals surface area contributed by atoms with Crippen LogP contribution in [0.3, 0.4) is 0 Å². The first-order valence-corrected chi connectivity index (χ1v) is 12.1. The van der Waals surface area contributed by atoms with E-state index in [1.807, 2.05) is 31.5 Å². The molecule has 2 aliphatic heterocycles. The highest BCUT2D eigenvalue weighted by molar-refractivity contribution is 5.92. The number of pyridine rings is 2. The van der Waals surface area contributed by atoms with Crippen molar-refractivity contribution in [2.45, 2.75) is 63.6 Å². The standard InChI is InChI=1S/C25H30N8/c1-15-6-25(32-31-15)30-24-11-23-21(13-28-24)22(4-5-27-23)29-18-9-19-2-3-20(10-18)33(19)14-17-7-16(8-17)12-26/h4-6,11,13,16-20H,2-3,7-10,14H2,1H3,(H,27,29)(H2,28,30,31,32)/t16?,17?,18?,19-,20?/m0/s1. The minimum atomic E-state index is 0.305. The zero-order valence-corrected chi connectivity index (χ0v) is 19.0. The molecule has 170 valence electrons. The zero-order valence-electron chi connectivity index (χ0n) is 19.0. The molecule has 6 rings (SSSR count). The van der Waals surface area contributed by atoms with E-state index in [0.29, 0.717) is 24.0 Å². The van der Waals surface area contributed by atoms with Crippen LogP contribution in [0.5, 0.6) is 0 Å². The molecule has 5 heterocycles. The summed E-state index contributed by atoms with van der Waals surface area (Å²) >= 11 is 0. The fourth-order valence-electron chi connectivity index (χ4n) is 6.05. The zero-order chi connectivity index (χ0) is 22.4. The fraction of sp³-hybridized carbons (Fsp3) is 0.520. The van der Waals surface area contributed by atoms with Crippen LogP contribution in [0.4, 0.5) is 17.3 Å².